The van der Waals surface area contributed by atoms with Gasteiger partial charge in [-0.05, 0) is 31.0 Å². The Hall–Kier alpha value is -2.00. The maximum atomic E-state index is 12.1. The second kappa shape index (κ2) is 5.56. The van der Waals surface area contributed by atoms with E-state index < -0.39 is 6.04 Å². The lowest BCUT2D eigenvalue weighted by atomic mass is 9.99. The molecule has 2 aromatic rings. The Morgan fingerprint density at radius 2 is 1.94 bits per heavy atom. The van der Waals surface area contributed by atoms with Crippen molar-refractivity contribution in [2.24, 2.45) is 5.73 Å². The van der Waals surface area contributed by atoms with Gasteiger partial charge in [0, 0.05) is 17.5 Å². The molecular weight excluding hydrogens is 224 g/mol. The smallest absolute Gasteiger partial charge is 0.181 e. The van der Waals surface area contributed by atoms with Crippen LogP contribution in [0.2, 0.25) is 0 Å². The van der Waals surface area contributed by atoms with Gasteiger partial charge < -0.3 is 5.73 Å². The number of carbonyl (C=O) groups excluding carboxylic acids is 1. The molecule has 3 heteroatoms. The predicted octanol–water partition coefficient (Wildman–Crippen LogP) is 2.14. The molecule has 0 aliphatic heterocycles. The summed E-state index contributed by atoms with van der Waals surface area (Å²) in [6, 6.07) is 12.9. The van der Waals surface area contributed by atoms with Gasteiger partial charge in [-0.25, -0.2) is 0 Å². The monoisotopic (exact) mass is 240 g/mol. The number of ketones is 1. The lowest BCUT2D eigenvalue weighted by Gasteiger charge is -2.10. The normalized spacial score (nSPS) is 12.1. The van der Waals surface area contributed by atoms with E-state index in [0.29, 0.717) is 12.0 Å². The lowest BCUT2D eigenvalue weighted by Crippen LogP contribution is -2.32. The number of carbonyl (C=O) groups is 1. The van der Waals surface area contributed by atoms with Crippen LogP contribution in [-0.4, -0.2) is 16.8 Å². The van der Waals surface area contributed by atoms with Crippen LogP contribution in [-0.2, 0) is 6.42 Å². The molecule has 3 nitrogen and oxygen atoms in total. The third-order valence-corrected chi connectivity index (χ3v) is 2.83. The minimum atomic E-state index is -0.517. The van der Waals surface area contributed by atoms with Gasteiger partial charge in [-0.3, -0.25) is 9.78 Å². The van der Waals surface area contributed by atoms with Gasteiger partial charge in [0.25, 0.3) is 0 Å². The number of rotatable bonds is 4. The fourth-order valence-electron chi connectivity index (χ4n) is 1.79. The van der Waals surface area contributed by atoms with Gasteiger partial charge in [0.05, 0.1) is 6.04 Å². The second-order valence-electron chi connectivity index (χ2n) is 4.35. The summed E-state index contributed by atoms with van der Waals surface area (Å²) in [4.78, 5) is 16.2. The molecule has 2 rings (SSSR count). The molecule has 0 aliphatic carbocycles. The van der Waals surface area contributed by atoms with Gasteiger partial charge in [0.1, 0.15) is 0 Å². The number of pyridine rings is 1. The molecule has 1 atom stereocenters. The number of aromatic nitrogens is 1. The largest absolute Gasteiger partial charge is 0.321 e. The van der Waals surface area contributed by atoms with E-state index in [9.17, 15) is 4.79 Å². The highest BCUT2D eigenvalue weighted by molar-refractivity contribution is 5.99. The summed E-state index contributed by atoms with van der Waals surface area (Å²) in [6.07, 6.45) is 2.13. The van der Waals surface area contributed by atoms with Crippen molar-refractivity contribution in [3.8, 4) is 0 Å². The van der Waals surface area contributed by atoms with Crippen LogP contribution in [0.4, 0.5) is 0 Å². The van der Waals surface area contributed by atoms with Crippen LogP contribution < -0.4 is 5.73 Å². The number of benzene rings is 1. The summed E-state index contributed by atoms with van der Waals surface area (Å²) in [5.74, 6) is -0.0636. The number of hydrogen-bond donors (Lipinski definition) is 1. The van der Waals surface area contributed by atoms with Gasteiger partial charge in [-0.15, -0.1) is 0 Å². The summed E-state index contributed by atoms with van der Waals surface area (Å²) >= 11 is 0. The van der Waals surface area contributed by atoms with Crippen LogP contribution in [0.15, 0.2) is 48.7 Å². The number of nitrogens with two attached hydrogens (primary N) is 1. The third kappa shape index (κ3) is 3.02. The van der Waals surface area contributed by atoms with Crippen molar-refractivity contribution in [2.75, 3.05) is 0 Å². The van der Waals surface area contributed by atoms with Crippen LogP contribution in [0.3, 0.4) is 0 Å². The average molecular weight is 240 g/mol. The van der Waals surface area contributed by atoms with Crippen molar-refractivity contribution in [1.82, 2.24) is 4.98 Å². The summed E-state index contributed by atoms with van der Waals surface area (Å²) in [7, 11) is 0. The third-order valence-electron chi connectivity index (χ3n) is 2.83. The van der Waals surface area contributed by atoms with E-state index in [0.717, 1.165) is 11.3 Å². The minimum Gasteiger partial charge on any atom is -0.321 e. The van der Waals surface area contributed by atoms with E-state index in [1.807, 2.05) is 43.3 Å². The van der Waals surface area contributed by atoms with E-state index in [4.69, 9.17) is 5.73 Å². The van der Waals surface area contributed by atoms with E-state index in [1.165, 1.54) is 0 Å². The standard InChI is InChI=1S/C15H16N2O/c1-11-7-8-13(10-17-11)15(18)14(16)9-12-5-3-2-4-6-12/h2-8,10,14H,9,16H2,1H3. The molecule has 18 heavy (non-hydrogen) atoms. The maximum absolute atomic E-state index is 12.1. The van der Waals surface area contributed by atoms with Crippen molar-refractivity contribution < 1.29 is 4.79 Å². The predicted molar refractivity (Wildman–Crippen MR) is 71.4 cm³/mol. The summed E-state index contributed by atoms with van der Waals surface area (Å²) in [5.41, 5.74) is 8.47. The van der Waals surface area contributed by atoms with Crippen LogP contribution in [0, 0.1) is 6.92 Å². The van der Waals surface area contributed by atoms with Crippen molar-refractivity contribution in [3.63, 3.8) is 0 Å². The van der Waals surface area contributed by atoms with E-state index in [1.54, 1.807) is 12.3 Å². The first kappa shape index (κ1) is 12.5. The molecule has 2 N–H and O–H groups in total. The molecular formula is C15H16N2O. The topological polar surface area (TPSA) is 56.0 Å². The van der Waals surface area contributed by atoms with E-state index >= 15 is 0 Å². The highest BCUT2D eigenvalue weighted by atomic mass is 16.1. The van der Waals surface area contributed by atoms with E-state index in [2.05, 4.69) is 4.98 Å². The van der Waals surface area contributed by atoms with Crippen molar-refractivity contribution >= 4 is 5.78 Å². The van der Waals surface area contributed by atoms with Crippen LogP contribution >= 0.6 is 0 Å². The zero-order valence-corrected chi connectivity index (χ0v) is 10.3. The van der Waals surface area contributed by atoms with Gasteiger partial charge >= 0.3 is 0 Å². The minimum absolute atomic E-state index is 0.0636. The molecule has 0 saturated heterocycles. The highest BCUT2D eigenvalue weighted by Gasteiger charge is 2.16. The van der Waals surface area contributed by atoms with Crippen LogP contribution in [0.25, 0.3) is 0 Å². The Morgan fingerprint density at radius 1 is 1.22 bits per heavy atom. The first-order valence-corrected chi connectivity index (χ1v) is 5.93. The molecule has 1 heterocycles. The zero-order valence-electron chi connectivity index (χ0n) is 10.3. The molecule has 92 valence electrons. The molecule has 0 fully saturated rings. The molecule has 1 unspecified atom stereocenters. The summed E-state index contributed by atoms with van der Waals surface area (Å²) in [6.45, 7) is 1.89. The fourth-order valence-corrected chi connectivity index (χ4v) is 1.79. The molecule has 1 aromatic heterocycles. The Bertz CT molecular complexity index is 520. The summed E-state index contributed by atoms with van der Waals surface area (Å²) in [5, 5.41) is 0. The average Bonchev–Trinajstić information content (AvgIpc) is 2.40. The van der Waals surface area contributed by atoms with Crippen molar-refractivity contribution in [3.05, 3.63) is 65.5 Å². The Labute approximate surface area is 107 Å². The lowest BCUT2D eigenvalue weighted by molar-refractivity contribution is 0.0960. The van der Waals surface area contributed by atoms with Crippen molar-refractivity contribution in [1.29, 1.82) is 0 Å². The molecule has 0 radical (unpaired) electrons. The van der Waals surface area contributed by atoms with E-state index in [-0.39, 0.29) is 5.78 Å². The Kier molecular flexibility index (Phi) is 3.85. The molecule has 1 aromatic carbocycles. The second-order valence-corrected chi connectivity index (χ2v) is 4.35. The quantitative estimate of drug-likeness (QED) is 0.833. The molecule has 0 aliphatic rings. The Balaban J connectivity index is 2.07. The van der Waals surface area contributed by atoms with Gasteiger partial charge in [-0.2, -0.15) is 0 Å². The number of aryl methyl sites for hydroxylation is 1. The molecule has 0 bridgehead atoms. The molecule has 0 spiro atoms. The molecule has 0 saturated carbocycles. The number of nitrogens with zero attached hydrogens (tertiary/aromatic N) is 1. The number of Topliss-reactive ketones (excluding diaryl/α,β-unsaturated/α-hetero) is 1. The number of hydrogen-bond acceptors (Lipinski definition) is 3. The van der Waals surface area contributed by atoms with Crippen molar-refractivity contribution in [2.45, 2.75) is 19.4 Å². The molecule has 0 amide bonds. The first-order valence-electron chi connectivity index (χ1n) is 5.93. The SMILES string of the molecule is Cc1ccc(C(=O)C(N)Cc2ccccc2)cn1. The fraction of sp³-hybridized carbons (Fsp3) is 0.200. The summed E-state index contributed by atoms with van der Waals surface area (Å²) < 4.78 is 0. The van der Waals surface area contributed by atoms with Crippen LogP contribution in [0.5, 0.6) is 0 Å². The Morgan fingerprint density at radius 3 is 2.56 bits per heavy atom. The highest BCUT2D eigenvalue weighted by Crippen LogP contribution is 2.07. The maximum Gasteiger partial charge on any atom is 0.181 e. The van der Waals surface area contributed by atoms with Gasteiger partial charge in [0.15, 0.2) is 5.78 Å². The van der Waals surface area contributed by atoms with Crippen LogP contribution in [0.1, 0.15) is 21.6 Å². The zero-order chi connectivity index (χ0) is 13.0. The first-order chi connectivity index (χ1) is 8.66. The van der Waals surface area contributed by atoms with Gasteiger partial charge in [0.2, 0.25) is 0 Å². The van der Waals surface area contributed by atoms with Gasteiger partial charge in [-0.1, -0.05) is 30.3 Å².